The summed E-state index contributed by atoms with van der Waals surface area (Å²) in [5.41, 5.74) is 0.716. The van der Waals surface area contributed by atoms with Gasteiger partial charge in [-0.3, -0.25) is 9.59 Å². The topological polar surface area (TPSA) is 108 Å². The number of carbonyl (C=O) groups is 2. The summed E-state index contributed by atoms with van der Waals surface area (Å²) >= 11 is 0. The van der Waals surface area contributed by atoms with Crippen LogP contribution in [0.3, 0.4) is 0 Å². The molecule has 1 aromatic rings. The highest BCUT2D eigenvalue weighted by Gasteiger charge is 2.21. The molecule has 7 nitrogen and oxygen atoms in total. The van der Waals surface area contributed by atoms with Crippen LogP contribution in [0.1, 0.15) is 24.5 Å². The lowest BCUT2D eigenvalue weighted by atomic mass is 9.99. The quantitative estimate of drug-likeness (QED) is 0.302. The summed E-state index contributed by atoms with van der Waals surface area (Å²) in [7, 11) is 0. The van der Waals surface area contributed by atoms with Crippen LogP contribution >= 0.6 is 0 Å². The zero-order valence-electron chi connectivity index (χ0n) is 14.9. The fourth-order valence-electron chi connectivity index (χ4n) is 2.34. The van der Waals surface area contributed by atoms with Crippen LogP contribution in [0.2, 0.25) is 0 Å². The standard InChI is InChI=1S/C19H28N2O5/c1-2-6-16(13-18(24)20-9-11-26-12-10-22)19(25)21-14-17(23)15-7-4-3-5-8-15/h2-5,7-8,16-17,22-23H,1,6,9-14H2,(H,20,24)(H,21,25). The number of ether oxygens (including phenoxy) is 1. The minimum Gasteiger partial charge on any atom is -0.394 e. The zero-order chi connectivity index (χ0) is 19.2. The van der Waals surface area contributed by atoms with E-state index in [0.29, 0.717) is 25.1 Å². The molecule has 0 spiro atoms. The largest absolute Gasteiger partial charge is 0.394 e. The predicted octanol–water partition coefficient (Wildman–Crippen LogP) is 0.544. The third-order valence-corrected chi connectivity index (χ3v) is 3.71. The van der Waals surface area contributed by atoms with Gasteiger partial charge in [-0.1, -0.05) is 36.4 Å². The number of nitrogens with one attached hydrogen (secondary N) is 2. The summed E-state index contributed by atoms with van der Waals surface area (Å²) in [6, 6.07) is 9.04. The summed E-state index contributed by atoms with van der Waals surface area (Å²) in [6.45, 7) is 4.47. The van der Waals surface area contributed by atoms with E-state index in [9.17, 15) is 14.7 Å². The second-order valence-electron chi connectivity index (χ2n) is 5.78. The smallest absolute Gasteiger partial charge is 0.224 e. The van der Waals surface area contributed by atoms with Gasteiger partial charge in [-0.25, -0.2) is 0 Å². The highest BCUT2D eigenvalue weighted by molar-refractivity contribution is 5.85. The molecule has 2 amide bonds. The molecular weight excluding hydrogens is 336 g/mol. The second kappa shape index (κ2) is 13.0. The van der Waals surface area contributed by atoms with E-state index in [4.69, 9.17) is 9.84 Å². The van der Waals surface area contributed by atoms with Crippen molar-refractivity contribution in [3.63, 3.8) is 0 Å². The maximum Gasteiger partial charge on any atom is 0.224 e. The predicted molar refractivity (Wildman–Crippen MR) is 98.2 cm³/mol. The summed E-state index contributed by atoms with van der Waals surface area (Å²) in [5, 5.41) is 24.0. The number of carbonyl (C=O) groups excluding carboxylic acids is 2. The molecule has 0 saturated heterocycles. The number of hydrogen-bond donors (Lipinski definition) is 4. The summed E-state index contributed by atoms with van der Waals surface area (Å²) in [4.78, 5) is 24.3. The molecule has 0 aliphatic heterocycles. The number of benzene rings is 1. The fraction of sp³-hybridized carbons (Fsp3) is 0.474. The Kier molecular flexibility index (Phi) is 10.9. The number of aliphatic hydroxyl groups is 2. The van der Waals surface area contributed by atoms with E-state index in [-0.39, 0.29) is 38.0 Å². The van der Waals surface area contributed by atoms with E-state index in [1.54, 1.807) is 18.2 Å². The van der Waals surface area contributed by atoms with Crippen molar-refractivity contribution in [1.82, 2.24) is 10.6 Å². The van der Waals surface area contributed by atoms with Crippen LogP contribution in [-0.2, 0) is 14.3 Å². The molecule has 2 atom stereocenters. The van der Waals surface area contributed by atoms with Gasteiger partial charge in [0.1, 0.15) is 0 Å². The first-order valence-corrected chi connectivity index (χ1v) is 8.65. The van der Waals surface area contributed by atoms with Gasteiger partial charge in [-0.2, -0.15) is 0 Å². The van der Waals surface area contributed by atoms with Crippen molar-refractivity contribution < 1.29 is 24.5 Å². The molecule has 0 bridgehead atoms. The first-order valence-electron chi connectivity index (χ1n) is 8.65. The Morgan fingerprint density at radius 2 is 1.92 bits per heavy atom. The van der Waals surface area contributed by atoms with E-state index in [2.05, 4.69) is 17.2 Å². The van der Waals surface area contributed by atoms with Crippen molar-refractivity contribution in [2.24, 2.45) is 5.92 Å². The number of amides is 2. The van der Waals surface area contributed by atoms with Crippen LogP contribution in [0.5, 0.6) is 0 Å². The molecule has 0 aliphatic rings. The Morgan fingerprint density at radius 1 is 1.19 bits per heavy atom. The molecular formula is C19H28N2O5. The Balaban J connectivity index is 2.40. The average Bonchev–Trinajstić information content (AvgIpc) is 2.66. The third-order valence-electron chi connectivity index (χ3n) is 3.71. The van der Waals surface area contributed by atoms with Crippen LogP contribution in [-0.4, -0.2) is 54.9 Å². The van der Waals surface area contributed by atoms with Gasteiger partial charge in [-0.15, -0.1) is 6.58 Å². The summed E-state index contributed by atoms with van der Waals surface area (Å²) < 4.78 is 5.05. The highest BCUT2D eigenvalue weighted by Crippen LogP contribution is 2.13. The average molecular weight is 364 g/mol. The van der Waals surface area contributed by atoms with Gasteiger partial charge in [0, 0.05) is 19.5 Å². The van der Waals surface area contributed by atoms with Gasteiger partial charge in [0.2, 0.25) is 11.8 Å². The Labute approximate surface area is 154 Å². The number of hydrogen-bond acceptors (Lipinski definition) is 5. The Morgan fingerprint density at radius 3 is 2.58 bits per heavy atom. The molecule has 4 N–H and O–H groups in total. The van der Waals surface area contributed by atoms with Gasteiger partial charge in [0.05, 0.1) is 31.8 Å². The minimum atomic E-state index is -0.804. The molecule has 2 unspecified atom stereocenters. The third kappa shape index (κ3) is 8.75. The van der Waals surface area contributed by atoms with Crippen molar-refractivity contribution in [3.8, 4) is 0 Å². The van der Waals surface area contributed by atoms with Crippen LogP contribution < -0.4 is 10.6 Å². The lowest BCUT2D eigenvalue weighted by molar-refractivity contribution is -0.130. The molecule has 0 fully saturated rings. The van der Waals surface area contributed by atoms with E-state index >= 15 is 0 Å². The Hall–Kier alpha value is -2.22. The van der Waals surface area contributed by atoms with E-state index in [1.165, 1.54) is 0 Å². The minimum absolute atomic E-state index is 0.0271. The first-order chi connectivity index (χ1) is 12.6. The molecule has 0 saturated carbocycles. The molecule has 7 heteroatoms. The van der Waals surface area contributed by atoms with Crippen molar-refractivity contribution in [2.75, 3.05) is 32.9 Å². The molecule has 0 radical (unpaired) electrons. The maximum atomic E-state index is 12.3. The van der Waals surface area contributed by atoms with Crippen molar-refractivity contribution in [1.29, 1.82) is 0 Å². The van der Waals surface area contributed by atoms with Crippen molar-refractivity contribution in [3.05, 3.63) is 48.6 Å². The zero-order valence-corrected chi connectivity index (χ0v) is 14.9. The first kappa shape index (κ1) is 21.8. The molecule has 26 heavy (non-hydrogen) atoms. The second-order valence-corrected chi connectivity index (χ2v) is 5.78. The molecule has 0 aromatic heterocycles. The van der Waals surface area contributed by atoms with E-state index in [1.807, 2.05) is 18.2 Å². The van der Waals surface area contributed by atoms with Crippen molar-refractivity contribution in [2.45, 2.75) is 18.9 Å². The summed E-state index contributed by atoms with van der Waals surface area (Å²) in [5.74, 6) is -1.11. The molecule has 0 aliphatic carbocycles. The maximum absolute atomic E-state index is 12.3. The number of allylic oxidation sites excluding steroid dienone is 1. The molecule has 144 valence electrons. The van der Waals surface area contributed by atoms with Crippen LogP contribution in [0.25, 0.3) is 0 Å². The van der Waals surface area contributed by atoms with Crippen LogP contribution in [0.4, 0.5) is 0 Å². The fourth-order valence-corrected chi connectivity index (χ4v) is 2.34. The van der Waals surface area contributed by atoms with Gasteiger partial charge in [0.15, 0.2) is 0 Å². The summed E-state index contributed by atoms with van der Waals surface area (Å²) in [6.07, 6.45) is 1.18. The van der Waals surface area contributed by atoms with Gasteiger partial charge >= 0.3 is 0 Å². The SMILES string of the molecule is C=CCC(CC(=O)NCCOCCO)C(=O)NCC(O)c1ccccc1. The lowest BCUT2D eigenvalue weighted by Gasteiger charge is -2.17. The highest BCUT2D eigenvalue weighted by atomic mass is 16.5. The molecule has 0 heterocycles. The van der Waals surface area contributed by atoms with E-state index in [0.717, 1.165) is 0 Å². The van der Waals surface area contributed by atoms with Gasteiger partial charge in [-0.05, 0) is 12.0 Å². The van der Waals surface area contributed by atoms with Gasteiger partial charge < -0.3 is 25.6 Å². The van der Waals surface area contributed by atoms with E-state index < -0.39 is 12.0 Å². The number of rotatable bonds is 13. The normalized spacial score (nSPS) is 12.8. The molecule has 1 aromatic carbocycles. The lowest BCUT2D eigenvalue weighted by Crippen LogP contribution is -2.37. The van der Waals surface area contributed by atoms with Crippen LogP contribution in [0, 0.1) is 5.92 Å². The number of aliphatic hydroxyl groups excluding tert-OH is 2. The molecule has 1 rings (SSSR count). The monoisotopic (exact) mass is 364 g/mol. The van der Waals surface area contributed by atoms with Gasteiger partial charge in [0.25, 0.3) is 0 Å². The Bertz CT molecular complexity index is 550. The van der Waals surface area contributed by atoms with Crippen LogP contribution in [0.15, 0.2) is 43.0 Å². The van der Waals surface area contributed by atoms with Crippen molar-refractivity contribution >= 4 is 11.8 Å².